The van der Waals surface area contributed by atoms with Crippen LogP contribution in [0.1, 0.15) is 0 Å². The lowest BCUT2D eigenvalue weighted by Crippen LogP contribution is -2.45. The Bertz CT molecular complexity index is 165. The third-order valence-electron chi connectivity index (χ3n) is 0.603. The number of hydrogen-bond acceptors (Lipinski definition) is 5. The summed E-state index contributed by atoms with van der Waals surface area (Å²) in [4.78, 5) is 24.1. The summed E-state index contributed by atoms with van der Waals surface area (Å²) in [6.45, 7) is 0.0694. The third-order valence-corrected chi connectivity index (χ3v) is 0.603. The van der Waals surface area contributed by atoms with E-state index in [4.69, 9.17) is 14.4 Å². The van der Waals surface area contributed by atoms with Crippen molar-refractivity contribution in [1.82, 2.24) is 12.3 Å². The van der Waals surface area contributed by atoms with Gasteiger partial charge in [-0.15, -0.1) is 9.79 Å². The second-order valence-corrected chi connectivity index (χ2v) is 3.58. The number of quaternary nitrogens is 1. The fourth-order valence-corrected chi connectivity index (χ4v) is 0.387. The summed E-state index contributed by atoms with van der Waals surface area (Å²) in [5.74, 6) is -1.00. The summed E-state index contributed by atoms with van der Waals surface area (Å²) in [5.41, 5.74) is 0. The first-order valence-electron chi connectivity index (χ1n) is 3.00. The maximum Gasteiger partial charge on any atom is 0.692 e. The van der Waals surface area contributed by atoms with E-state index in [2.05, 4.69) is 0 Å². The molecule has 0 unspecified atom stereocenters. The Morgan fingerprint density at radius 1 is 1.29 bits per heavy atom. The van der Waals surface area contributed by atoms with Crippen molar-refractivity contribution >= 4 is 14.2 Å². The maximum absolute atomic E-state index is 9.89. The lowest BCUT2D eigenvalue weighted by Gasteiger charge is -2.23. The Labute approximate surface area is 83.9 Å². The molecule has 0 radical (unpaired) electrons. The largest absolute Gasteiger partial charge is 0.692 e. The van der Waals surface area contributed by atoms with Crippen LogP contribution in [0.25, 0.3) is 0 Å². The number of carbonyl (C=O) groups excluding carboxylic acids is 1. The quantitative estimate of drug-likeness (QED) is 0.328. The molecule has 0 aromatic heterocycles. The van der Waals surface area contributed by atoms with E-state index in [-0.39, 0.29) is 18.8 Å². The summed E-state index contributed by atoms with van der Waals surface area (Å²) >= 11 is 0. The minimum atomic E-state index is -2.87. The second-order valence-electron chi connectivity index (χ2n) is 3.07. The van der Waals surface area contributed by atoms with Gasteiger partial charge >= 0.3 is 8.25 Å². The lowest BCUT2D eigenvalue weighted by atomic mass is 10.5. The lowest BCUT2D eigenvalue weighted by molar-refractivity contribution is -0.864. The van der Waals surface area contributed by atoms with Crippen LogP contribution < -0.4 is 17.4 Å². The van der Waals surface area contributed by atoms with E-state index >= 15 is 0 Å². The van der Waals surface area contributed by atoms with E-state index < -0.39 is 14.2 Å². The Hall–Kier alpha value is -0.630. The highest BCUT2D eigenvalue weighted by Gasteiger charge is 2.04. The number of carbonyl (C=O) groups is 1. The maximum atomic E-state index is 9.89. The van der Waals surface area contributed by atoms with Crippen LogP contribution in [0.2, 0.25) is 0 Å². The van der Waals surface area contributed by atoms with Crippen molar-refractivity contribution < 1.29 is 28.7 Å². The van der Waals surface area contributed by atoms with Crippen LogP contribution in [0.4, 0.5) is 0 Å². The highest BCUT2D eigenvalue weighted by molar-refractivity contribution is 7.30. The van der Waals surface area contributed by atoms with E-state index in [1.165, 1.54) is 0 Å². The third kappa shape index (κ3) is 64.0. The van der Waals surface area contributed by atoms with Gasteiger partial charge < -0.3 is 26.7 Å². The number of aliphatic carboxylic acids is 1. The molecule has 0 aromatic rings. The summed E-state index contributed by atoms with van der Waals surface area (Å²) < 4.78 is 9.12. The highest BCUT2D eigenvalue weighted by Crippen LogP contribution is 1.98. The van der Waals surface area contributed by atoms with Crippen LogP contribution >= 0.6 is 8.25 Å². The molecule has 88 valence electrons. The fourth-order valence-electron chi connectivity index (χ4n) is 0.387. The van der Waals surface area contributed by atoms with Crippen LogP contribution in [0, 0.1) is 0 Å². The van der Waals surface area contributed by atoms with E-state index in [0.717, 1.165) is 0 Å². The van der Waals surface area contributed by atoms with Crippen molar-refractivity contribution in [2.75, 3.05) is 27.7 Å². The van der Waals surface area contributed by atoms with Crippen molar-refractivity contribution in [3.63, 3.8) is 0 Å². The first kappa shape index (κ1) is 23.3. The number of rotatable bonds is 2. The molecule has 0 amide bonds. The second kappa shape index (κ2) is 10.5. The number of carboxylic acid groups (broad SMARTS) is 1. The molecule has 0 atom stereocenters. The summed E-state index contributed by atoms with van der Waals surface area (Å²) in [5, 5.41) is 9.89. The predicted octanol–water partition coefficient (Wildman–Crippen LogP) is -1.61. The van der Waals surface area contributed by atoms with Gasteiger partial charge in [0.25, 0.3) is 0 Å². The molecule has 0 aliphatic carbocycles. The molecular formula is C5H19N3O5P+. The smallest absolute Gasteiger partial charge is 0.544 e. The van der Waals surface area contributed by atoms with Gasteiger partial charge in [-0.2, -0.15) is 0 Å². The van der Waals surface area contributed by atoms with Crippen molar-refractivity contribution in [3.8, 4) is 0 Å². The summed E-state index contributed by atoms with van der Waals surface area (Å²) in [7, 11) is 2.53. The van der Waals surface area contributed by atoms with Crippen LogP contribution in [0.5, 0.6) is 0 Å². The van der Waals surface area contributed by atoms with E-state index in [1.54, 1.807) is 21.1 Å². The molecule has 8 N–H and O–H groups in total. The van der Waals surface area contributed by atoms with Gasteiger partial charge in [-0.05, 0) is 0 Å². The standard InChI is InChI=1S/C5H11NO2.2H3N.HO3P/c1-6(2,3)4-5(7)8;;;1-4(2)3/h4H2,1-3H3;2*1H3;(H-,1,2,3)/p+1. The van der Waals surface area contributed by atoms with Crippen LogP contribution in [0.15, 0.2) is 0 Å². The topological polar surface area (TPSA) is 168 Å². The molecule has 0 heterocycles. The van der Waals surface area contributed by atoms with Gasteiger partial charge in [0.05, 0.1) is 27.1 Å². The Kier molecular flexibility index (Phi) is 17.4. The van der Waals surface area contributed by atoms with Crippen molar-refractivity contribution in [1.29, 1.82) is 0 Å². The summed E-state index contributed by atoms with van der Waals surface area (Å²) in [6.07, 6.45) is 0. The first-order chi connectivity index (χ1) is 5.15. The number of nitrogens with zero attached hydrogens (tertiary/aromatic N) is 1. The van der Waals surface area contributed by atoms with Crippen LogP contribution in [-0.2, 0) is 9.36 Å². The van der Waals surface area contributed by atoms with E-state index in [9.17, 15) is 9.90 Å². The Morgan fingerprint density at radius 3 is 1.50 bits per heavy atom. The van der Waals surface area contributed by atoms with Crippen LogP contribution in [0.3, 0.4) is 0 Å². The zero-order valence-corrected chi connectivity index (χ0v) is 9.53. The van der Waals surface area contributed by atoms with Crippen molar-refractivity contribution in [2.24, 2.45) is 0 Å². The Morgan fingerprint density at radius 2 is 1.50 bits per heavy atom. The van der Waals surface area contributed by atoms with Gasteiger partial charge in [-0.1, -0.05) is 0 Å². The van der Waals surface area contributed by atoms with Crippen molar-refractivity contribution in [3.05, 3.63) is 0 Å². The zero-order valence-electron chi connectivity index (χ0n) is 8.63. The average molecular weight is 232 g/mol. The fraction of sp³-hybridized carbons (Fsp3) is 0.800. The molecule has 0 fully saturated rings. The molecule has 0 rings (SSSR count). The number of hydrogen-bond donors (Lipinski definition) is 4. The highest BCUT2D eigenvalue weighted by atomic mass is 31.1. The molecule has 0 spiro atoms. The molecule has 9 heteroatoms. The molecule has 0 bridgehead atoms. The van der Waals surface area contributed by atoms with Gasteiger partial charge in [0.15, 0.2) is 0 Å². The molecule has 0 saturated carbocycles. The monoisotopic (exact) mass is 232 g/mol. The van der Waals surface area contributed by atoms with Gasteiger partial charge in [-0.3, -0.25) is 0 Å². The van der Waals surface area contributed by atoms with E-state index in [0.29, 0.717) is 4.48 Å². The summed E-state index contributed by atoms with van der Waals surface area (Å²) in [6, 6.07) is 0. The SMILES string of the molecule is C[N+](C)(C)CC(=O)[O-].N.N.O=[P+](O)O. The van der Waals surface area contributed by atoms with Gasteiger partial charge in [0.2, 0.25) is 0 Å². The molecule has 8 nitrogen and oxygen atoms in total. The van der Waals surface area contributed by atoms with Crippen LogP contribution in [-0.4, -0.2) is 47.9 Å². The molecule has 0 aromatic carbocycles. The zero-order chi connectivity index (χ0) is 10.4. The van der Waals surface area contributed by atoms with Gasteiger partial charge in [-0.25, -0.2) is 0 Å². The van der Waals surface area contributed by atoms with Gasteiger partial charge in [0.1, 0.15) is 6.54 Å². The number of carboxylic acids is 1. The first-order valence-corrected chi connectivity index (χ1v) is 4.17. The predicted molar refractivity (Wildman–Crippen MR) is 50.0 cm³/mol. The number of likely N-dealkylation sites (N-methyl/N-ethyl adjacent to an activating group) is 1. The van der Waals surface area contributed by atoms with E-state index in [1.807, 2.05) is 0 Å². The molecular weight excluding hydrogens is 213 g/mol. The normalized spacial score (nSPS) is 8.36. The average Bonchev–Trinajstić information content (AvgIpc) is 1.52. The molecule has 0 aliphatic rings. The molecule has 0 aliphatic heterocycles. The minimum Gasteiger partial charge on any atom is -0.544 e. The molecule has 14 heavy (non-hydrogen) atoms. The van der Waals surface area contributed by atoms with Crippen molar-refractivity contribution in [2.45, 2.75) is 0 Å². The minimum absolute atomic E-state index is 0. The molecule has 0 saturated heterocycles. The van der Waals surface area contributed by atoms with Gasteiger partial charge in [0, 0.05) is 4.57 Å². The Balaban J connectivity index is -0.0000000733.